The van der Waals surface area contributed by atoms with Crippen molar-refractivity contribution < 1.29 is 0 Å². The highest BCUT2D eigenvalue weighted by molar-refractivity contribution is 5.29. The molecule has 0 saturated carbocycles. The molecule has 0 atom stereocenters. The van der Waals surface area contributed by atoms with Crippen molar-refractivity contribution in [1.29, 1.82) is 0 Å². The Labute approximate surface area is 113 Å². The second-order valence-electron chi connectivity index (χ2n) is 6.12. The van der Waals surface area contributed by atoms with Crippen molar-refractivity contribution in [3.05, 3.63) is 47.5 Å². The lowest BCUT2D eigenvalue weighted by atomic mass is 9.86. The van der Waals surface area contributed by atoms with Gasteiger partial charge in [0.2, 0.25) is 0 Å². The molecule has 0 bridgehead atoms. The van der Waals surface area contributed by atoms with Crippen LogP contribution in [0.25, 0.3) is 0 Å². The Hall–Kier alpha value is -1.04. The lowest BCUT2D eigenvalue weighted by Gasteiger charge is -2.19. The van der Waals surface area contributed by atoms with Crippen molar-refractivity contribution in [3.63, 3.8) is 0 Å². The zero-order chi connectivity index (χ0) is 13.4. The summed E-state index contributed by atoms with van der Waals surface area (Å²) in [5.41, 5.74) is 3.11. The molecule has 1 aromatic rings. The van der Waals surface area contributed by atoms with Crippen molar-refractivity contribution in [2.24, 2.45) is 0 Å². The van der Waals surface area contributed by atoms with Gasteiger partial charge in [0.25, 0.3) is 0 Å². The van der Waals surface area contributed by atoms with Crippen LogP contribution in [-0.2, 0) is 11.8 Å². The van der Waals surface area contributed by atoms with Crippen LogP contribution in [0.1, 0.15) is 64.5 Å². The summed E-state index contributed by atoms with van der Waals surface area (Å²) >= 11 is 0. The normalized spacial score (nSPS) is 12.2. The minimum atomic E-state index is 0.251. The lowest BCUT2D eigenvalue weighted by Crippen LogP contribution is -2.11. The molecule has 0 nitrogen and oxygen atoms in total. The van der Waals surface area contributed by atoms with Gasteiger partial charge in [-0.1, -0.05) is 77.0 Å². The number of unbranched alkanes of at least 4 members (excludes halogenated alkanes) is 3. The Morgan fingerprint density at radius 1 is 1.06 bits per heavy atom. The van der Waals surface area contributed by atoms with Crippen molar-refractivity contribution in [3.8, 4) is 0 Å². The monoisotopic (exact) mass is 244 g/mol. The molecule has 0 aliphatic carbocycles. The molecule has 0 aliphatic heterocycles. The van der Waals surface area contributed by atoms with E-state index in [4.69, 9.17) is 0 Å². The Kier molecular flexibility index (Phi) is 6.18. The highest BCUT2D eigenvalue weighted by atomic mass is 14.2. The molecule has 18 heavy (non-hydrogen) atoms. The summed E-state index contributed by atoms with van der Waals surface area (Å²) in [5, 5.41) is 0. The van der Waals surface area contributed by atoms with Crippen molar-refractivity contribution in [1.82, 2.24) is 0 Å². The predicted octanol–water partition coefficient (Wildman–Crippen LogP) is 5.66. The van der Waals surface area contributed by atoms with Crippen LogP contribution in [0.15, 0.2) is 36.4 Å². The van der Waals surface area contributed by atoms with Gasteiger partial charge in [-0.2, -0.15) is 0 Å². The average Bonchev–Trinajstić information content (AvgIpc) is 2.33. The van der Waals surface area contributed by atoms with Crippen LogP contribution >= 0.6 is 0 Å². The van der Waals surface area contributed by atoms with E-state index in [1.165, 1.54) is 36.8 Å². The van der Waals surface area contributed by atoms with Crippen molar-refractivity contribution >= 4 is 0 Å². The first-order valence-corrected chi connectivity index (χ1v) is 7.28. The van der Waals surface area contributed by atoms with E-state index < -0.39 is 0 Å². The van der Waals surface area contributed by atoms with Gasteiger partial charge in [0.05, 0.1) is 0 Å². The molecule has 0 radical (unpaired) electrons. The zero-order valence-electron chi connectivity index (χ0n) is 12.5. The Bertz CT molecular complexity index is 366. The molecule has 1 aromatic carbocycles. The Morgan fingerprint density at radius 2 is 1.83 bits per heavy atom. The van der Waals surface area contributed by atoms with Gasteiger partial charge in [-0.15, -0.1) is 0 Å². The molecule has 0 amide bonds. The molecule has 100 valence electrons. The maximum Gasteiger partial charge on any atom is -0.00974 e. The SMILES string of the molecule is CCCCC/C=C/Cc1cccc(C(C)(C)C)c1. The lowest BCUT2D eigenvalue weighted by molar-refractivity contribution is 0.589. The summed E-state index contributed by atoms with van der Waals surface area (Å²) in [6.07, 6.45) is 10.9. The second kappa shape index (κ2) is 7.41. The van der Waals surface area contributed by atoms with Gasteiger partial charge in [-0.3, -0.25) is 0 Å². The van der Waals surface area contributed by atoms with Gasteiger partial charge in [-0.05, 0) is 35.8 Å². The van der Waals surface area contributed by atoms with Crippen LogP contribution in [-0.4, -0.2) is 0 Å². The van der Waals surface area contributed by atoms with E-state index in [2.05, 4.69) is 64.1 Å². The molecule has 0 heterocycles. The first-order valence-electron chi connectivity index (χ1n) is 7.28. The standard InChI is InChI=1S/C18H28/c1-5-6-7-8-9-10-12-16-13-11-14-17(15-16)18(2,3)4/h9-11,13-15H,5-8,12H2,1-4H3/b10-9+. The third-order valence-corrected chi connectivity index (χ3v) is 3.29. The highest BCUT2D eigenvalue weighted by Crippen LogP contribution is 2.23. The van der Waals surface area contributed by atoms with Crippen LogP contribution in [0.4, 0.5) is 0 Å². The average molecular weight is 244 g/mol. The minimum absolute atomic E-state index is 0.251. The van der Waals surface area contributed by atoms with Crippen molar-refractivity contribution in [2.45, 2.75) is 65.2 Å². The quantitative estimate of drug-likeness (QED) is 0.447. The van der Waals surface area contributed by atoms with Crippen LogP contribution in [0.2, 0.25) is 0 Å². The maximum absolute atomic E-state index is 2.34. The second-order valence-corrected chi connectivity index (χ2v) is 6.12. The van der Waals surface area contributed by atoms with Crippen LogP contribution in [0, 0.1) is 0 Å². The third-order valence-electron chi connectivity index (χ3n) is 3.29. The summed E-state index contributed by atoms with van der Waals surface area (Å²) in [7, 11) is 0. The third kappa shape index (κ3) is 5.53. The first-order chi connectivity index (χ1) is 8.54. The van der Waals surface area contributed by atoms with Gasteiger partial charge in [0, 0.05) is 0 Å². The molecular weight excluding hydrogens is 216 g/mol. The largest absolute Gasteiger partial charge is 0.0882 e. The molecule has 0 heteroatoms. The van der Waals surface area contributed by atoms with Crippen LogP contribution in [0.5, 0.6) is 0 Å². The topological polar surface area (TPSA) is 0 Å². The molecule has 1 rings (SSSR count). The Balaban J connectivity index is 2.48. The smallest absolute Gasteiger partial charge is 0.00974 e. The summed E-state index contributed by atoms with van der Waals surface area (Å²) in [4.78, 5) is 0. The van der Waals surface area contributed by atoms with Crippen molar-refractivity contribution in [2.75, 3.05) is 0 Å². The van der Waals surface area contributed by atoms with E-state index in [0.717, 1.165) is 6.42 Å². The minimum Gasteiger partial charge on any atom is -0.0882 e. The number of allylic oxidation sites excluding steroid dienone is 2. The van der Waals surface area contributed by atoms with Crippen LogP contribution in [0.3, 0.4) is 0 Å². The number of benzene rings is 1. The number of hydrogen-bond acceptors (Lipinski definition) is 0. The van der Waals surface area contributed by atoms with Gasteiger partial charge >= 0.3 is 0 Å². The molecule has 0 N–H and O–H groups in total. The van der Waals surface area contributed by atoms with Gasteiger partial charge in [-0.25, -0.2) is 0 Å². The summed E-state index contributed by atoms with van der Waals surface area (Å²) in [6, 6.07) is 8.98. The molecule has 0 unspecified atom stereocenters. The molecule has 0 spiro atoms. The van der Waals surface area contributed by atoms with Gasteiger partial charge < -0.3 is 0 Å². The van der Waals surface area contributed by atoms with E-state index in [1.807, 2.05) is 0 Å². The number of rotatable bonds is 6. The van der Waals surface area contributed by atoms with E-state index in [0.29, 0.717) is 0 Å². The fourth-order valence-corrected chi connectivity index (χ4v) is 2.01. The summed E-state index contributed by atoms with van der Waals surface area (Å²) in [5.74, 6) is 0. The molecule has 0 saturated heterocycles. The van der Waals surface area contributed by atoms with Gasteiger partial charge in [0.1, 0.15) is 0 Å². The molecule has 0 fully saturated rings. The zero-order valence-corrected chi connectivity index (χ0v) is 12.5. The van der Waals surface area contributed by atoms with Crippen LogP contribution < -0.4 is 0 Å². The molecule has 0 aliphatic rings. The maximum atomic E-state index is 2.34. The fourth-order valence-electron chi connectivity index (χ4n) is 2.01. The molecule has 0 aromatic heterocycles. The predicted molar refractivity (Wildman–Crippen MR) is 82.1 cm³/mol. The number of hydrogen-bond donors (Lipinski definition) is 0. The van der Waals surface area contributed by atoms with Gasteiger partial charge in [0.15, 0.2) is 0 Å². The summed E-state index contributed by atoms with van der Waals surface area (Å²) < 4.78 is 0. The van der Waals surface area contributed by atoms with E-state index in [1.54, 1.807) is 0 Å². The first kappa shape index (κ1) is 15.0. The van der Waals surface area contributed by atoms with E-state index in [-0.39, 0.29) is 5.41 Å². The highest BCUT2D eigenvalue weighted by Gasteiger charge is 2.12. The summed E-state index contributed by atoms with van der Waals surface area (Å²) in [6.45, 7) is 9.06. The van der Waals surface area contributed by atoms with E-state index in [9.17, 15) is 0 Å². The fraction of sp³-hybridized carbons (Fsp3) is 0.556. The molecular formula is C18H28. The van der Waals surface area contributed by atoms with E-state index >= 15 is 0 Å². The Morgan fingerprint density at radius 3 is 2.50 bits per heavy atom.